The zero-order chi connectivity index (χ0) is 14.1. The van der Waals surface area contributed by atoms with Gasteiger partial charge in [-0.2, -0.15) is 0 Å². The van der Waals surface area contributed by atoms with E-state index in [0.717, 1.165) is 6.54 Å². The van der Waals surface area contributed by atoms with Gasteiger partial charge in [0.15, 0.2) is 0 Å². The van der Waals surface area contributed by atoms with Gasteiger partial charge in [0.25, 0.3) is 0 Å². The van der Waals surface area contributed by atoms with E-state index >= 15 is 0 Å². The second-order valence-corrected chi connectivity index (χ2v) is 5.64. The Balaban J connectivity index is 2.26. The average Bonchev–Trinajstić information content (AvgIpc) is 2.78. The fraction of sp³-hybridized carbons (Fsp3) is 0.263. The smallest absolute Gasteiger partial charge is 0.0491 e. The molecule has 0 aliphatic carbocycles. The van der Waals surface area contributed by atoms with Gasteiger partial charge in [-0.1, -0.05) is 50.3 Å². The van der Waals surface area contributed by atoms with Crippen molar-refractivity contribution in [1.29, 1.82) is 0 Å². The third-order valence-corrected chi connectivity index (χ3v) is 3.79. The molecule has 0 radical (unpaired) electrons. The van der Waals surface area contributed by atoms with E-state index < -0.39 is 0 Å². The van der Waals surface area contributed by atoms with Crippen molar-refractivity contribution in [2.24, 2.45) is 5.92 Å². The summed E-state index contributed by atoms with van der Waals surface area (Å²) in [7, 11) is 0. The maximum Gasteiger partial charge on any atom is 0.0491 e. The van der Waals surface area contributed by atoms with Crippen molar-refractivity contribution in [3.63, 3.8) is 0 Å². The molecule has 0 atom stereocenters. The van der Waals surface area contributed by atoms with Crippen LogP contribution in [0.4, 0.5) is 0 Å². The lowest BCUT2D eigenvalue weighted by molar-refractivity contribution is 0.827. The topological polar surface area (TPSA) is 4.93 Å². The lowest BCUT2D eigenvalue weighted by Gasteiger charge is -2.03. The van der Waals surface area contributed by atoms with Gasteiger partial charge in [-0.25, -0.2) is 0 Å². The van der Waals surface area contributed by atoms with Crippen molar-refractivity contribution in [3.8, 4) is 0 Å². The molecule has 20 heavy (non-hydrogen) atoms. The Kier molecular flexibility index (Phi) is 3.35. The summed E-state index contributed by atoms with van der Waals surface area (Å²) in [6, 6.07) is 15.4. The fourth-order valence-corrected chi connectivity index (χ4v) is 2.82. The second-order valence-electron chi connectivity index (χ2n) is 5.64. The number of para-hydroxylation sites is 1. The zero-order valence-corrected chi connectivity index (χ0v) is 12.4. The summed E-state index contributed by atoms with van der Waals surface area (Å²) in [6.45, 7) is 7.62. The van der Waals surface area contributed by atoms with E-state index in [1.807, 2.05) is 0 Å². The molecule has 0 spiro atoms. The van der Waals surface area contributed by atoms with Gasteiger partial charge >= 0.3 is 0 Å². The molecule has 0 N–H and O–H groups in total. The minimum Gasteiger partial charge on any atom is -0.341 e. The van der Waals surface area contributed by atoms with Gasteiger partial charge in [-0.05, 0) is 36.6 Å². The van der Waals surface area contributed by atoms with Crippen LogP contribution in [0, 0.1) is 5.92 Å². The summed E-state index contributed by atoms with van der Waals surface area (Å²) in [5.41, 5.74) is 3.94. The van der Waals surface area contributed by atoms with Gasteiger partial charge in [0.1, 0.15) is 0 Å². The largest absolute Gasteiger partial charge is 0.341 e. The van der Waals surface area contributed by atoms with Crippen LogP contribution >= 0.6 is 0 Å². The molecule has 102 valence electrons. The monoisotopic (exact) mass is 263 g/mol. The van der Waals surface area contributed by atoms with Gasteiger partial charge in [0.2, 0.25) is 0 Å². The van der Waals surface area contributed by atoms with Crippen molar-refractivity contribution in [2.45, 2.75) is 27.3 Å². The van der Waals surface area contributed by atoms with E-state index in [4.69, 9.17) is 0 Å². The van der Waals surface area contributed by atoms with Crippen LogP contribution in [0.15, 0.2) is 48.5 Å². The van der Waals surface area contributed by atoms with Gasteiger partial charge in [0, 0.05) is 28.4 Å². The van der Waals surface area contributed by atoms with Gasteiger partial charge < -0.3 is 4.57 Å². The Morgan fingerprint density at radius 3 is 2.50 bits per heavy atom. The molecule has 1 aromatic heterocycles. The number of aryl methyl sites for hydroxylation is 1. The first-order valence-corrected chi connectivity index (χ1v) is 7.40. The minimum atomic E-state index is 0.586. The molecule has 0 amide bonds. The quantitative estimate of drug-likeness (QED) is 0.589. The molecular weight excluding hydrogens is 242 g/mol. The number of fused-ring (bicyclic) bond motifs is 3. The van der Waals surface area contributed by atoms with Crippen molar-refractivity contribution < 1.29 is 0 Å². The van der Waals surface area contributed by atoms with E-state index in [-0.39, 0.29) is 0 Å². The molecule has 0 saturated carbocycles. The molecule has 2 aromatic carbocycles. The van der Waals surface area contributed by atoms with E-state index in [0.29, 0.717) is 5.92 Å². The van der Waals surface area contributed by atoms with Crippen LogP contribution in [0.1, 0.15) is 26.3 Å². The third kappa shape index (κ3) is 2.14. The van der Waals surface area contributed by atoms with Crippen LogP contribution in [-0.4, -0.2) is 4.57 Å². The lowest BCUT2D eigenvalue weighted by Crippen LogP contribution is -1.92. The normalized spacial score (nSPS) is 12.2. The standard InChI is InChI=1S/C19H21N/c1-4-20-18-8-6-5-7-16(18)17-13-15(10-9-14(2)3)11-12-19(17)20/h5-14H,4H2,1-3H3/b10-9+. The van der Waals surface area contributed by atoms with Crippen LogP contribution in [0.3, 0.4) is 0 Å². The van der Waals surface area contributed by atoms with Crippen LogP contribution < -0.4 is 0 Å². The van der Waals surface area contributed by atoms with Crippen LogP contribution in [0.2, 0.25) is 0 Å². The number of hydrogen-bond donors (Lipinski definition) is 0. The molecule has 1 nitrogen and oxygen atoms in total. The summed E-state index contributed by atoms with van der Waals surface area (Å²) in [5.74, 6) is 0.586. The predicted molar refractivity (Wildman–Crippen MR) is 89.0 cm³/mol. The summed E-state index contributed by atoms with van der Waals surface area (Å²) in [6.07, 6.45) is 4.47. The van der Waals surface area contributed by atoms with Gasteiger partial charge in [0.05, 0.1) is 0 Å². The summed E-state index contributed by atoms with van der Waals surface area (Å²) in [5, 5.41) is 2.71. The van der Waals surface area contributed by atoms with E-state index in [2.05, 4.69) is 80.0 Å². The average molecular weight is 263 g/mol. The van der Waals surface area contributed by atoms with Crippen LogP contribution in [0.25, 0.3) is 27.9 Å². The van der Waals surface area contributed by atoms with E-state index in [9.17, 15) is 0 Å². The second kappa shape index (κ2) is 5.16. The number of benzene rings is 2. The van der Waals surface area contributed by atoms with Gasteiger partial charge in [-0.3, -0.25) is 0 Å². The summed E-state index contributed by atoms with van der Waals surface area (Å²) < 4.78 is 2.39. The Hall–Kier alpha value is -2.02. The molecular formula is C19H21N. The number of rotatable bonds is 3. The Labute approximate surface area is 120 Å². The number of allylic oxidation sites excluding steroid dienone is 1. The minimum absolute atomic E-state index is 0.586. The lowest BCUT2D eigenvalue weighted by atomic mass is 10.1. The summed E-state index contributed by atoms with van der Waals surface area (Å²) in [4.78, 5) is 0. The maximum absolute atomic E-state index is 2.39. The molecule has 1 heteroatoms. The molecule has 3 aromatic rings. The molecule has 0 aliphatic heterocycles. The van der Waals surface area contributed by atoms with Crippen molar-refractivity contribution in [2.75, 3.05) is 0 Å². The highest BCUT2D eigenvalue weighted by Gasteiger charge is 2.08. The molecule has 0 bridgehead atoms. The van der Waals surface area contributed by atoms with Crippen molar-refractivity contribution in [3.05, 3.63) is 54.1 Å². The van der Waals surface area contributed by atoms with E-state index in [1.54, 1.807) is 0 Å². The SMILES string of the molecule is CCn1c2ccccc2c2cc(/C=C/C(C)C)ccc21. The van der Waals surface area contributed by atoms with Crippen molar-refractivity contribution in [1.82, 2.24) is 4.57 Å². The first kappa shape index (κ1) is 13.0. The van der Waals surface area contributed by atoms with Crippen molar-refractivity contribution >= 4 is 27.9 Å². The Bertz CT molecular complexity index is 775. The third-order valence-electron chi connectivity index (χ3n) is 3.79. The maximum atomic E-state index is 2.39. The predicted octanol–water partition coefficient (Wildman–Crippen LogP) is 5.48. The fourth-order valence-electron chi connectivity index (χ4n) is 2.82. The van der Waals surface area contributed by atoms with Gasteiger partial charge in [-0.15, -0.1) is 0 Å². The molecule has 0 saturated heterocycles. The molecule has 1 heterocycles. The Morgan fingerprint density at radius 1 is 1.00 bits per heavy atom. The molecule has 0 aliphatic rings. The highest BCUT2D eigenvalue weighted by Crippen LogP contribution is 2.29. The molecule has 3 rings (SSSR count). The summed E-state index contributed by atoms with van der Waals surface area (Å²) >= 11 is 0. The molecule has 0 fully saturated rings. The highest BCUT2D eigenvalue weighted by atomic mass is 15.0. The molecule has 0 unspecified atom stereocenters. The zero-order valence-electron chi connectivity index (χ0n) is 12.4. The first-order valence-electron chi connectivity index (χ1n) is 7.40. The van der Waals surface area contributed by atoms with E-state index in [1.165, 1.54) is 27.4 Å². The highest BCUT2D eigenvalue weighted by molar-refractivity contribution is 6.08. The first-order chi connectivity index (χ1) is 9.70. The Morgan fingerprint density at radius 2 is 1.75 bits per heavy atom. The number of nitrogens with zero attached hydrogens (tertiary/aromatic N) is 1. The van der Waals surface area contributed by atoms with Crippen LogP contribution in [-0.2, 0) is 6.54 Å². The number of hydrogen-bond acceptors (Lipinski definition) is 0. The number of aromatic nitrogens is 1. The van der Waals surface area contributed by atoms with Crippen LogP contribution in [0.5, 0.6) is 0 Å².